The Hall–Kier alpha value is -2.98. The van der Waals surface area contributed by atoms with Crippen LogP contribution in [-0.2, 0) is 0 Å². The van der Waals surface area contributed by atoms with Crippen LogP contribution >= 0.6 is 34.8 Å². The van der Waals surface area contributed by atoms with Crippen molar-refractivity contribution in [2.75, 3.05) is 10.6 Å². The third-order valence-electron chi connectivity index (χ3n) is 4.24. The van der Waals surface area contributed by atoms with Crippen molar-refractivity contribution in [2.24, 2.45) is 5.18 Å². The monoisotopic (exact) mass is 511 g/mol. The lowest BCUT2D eigenvalue weighted by molar-refractivity contribution is 1.22. The van der Waals surface area contributed by atoms with Crippen LogP contribution in [0.4, 0.5) is 17.1 Å². The number of aromatic nitrogens is 2. The van der Waals surface area contributed by atoms with Gasteiger partial charge in [0.15, 0.2) is 5.11 Å². The Bertz CT molecular complexity index is 1230. The summed E-state index contributed by atoms with van der Waals surface area (Å²) < 4.78 is 0.852. The number of thiocarbonyl (C=S) groups is 1. The number of halogens is 1. The number of nitrogens with one attached hydrogen (secondary N) is 2. The molecule has 29 heavy (non-hydrogen) atoms. The van der Waals surface area contributed by atoms with Gasteiger partial charge in [-0.2, -0.15) is 0 Å². The average molecular weight is 511 g/mol. The van der Waals surface area contributed by atoms with E-state index in [2.05, 4.69) is 48.4 Å². The van der Waals surface area contributed by atoms with Crippen molar-refractivity contribution in [3.05, 3.63) is 81.5 Å². The molecule has 1 heterocycles. The summed E-state index contributed by atoms with van der Waals surface area (Å²) >= 11 is 7.57. The Kier molecular flexibility index (Phi) is 5.72. The van der Waals surface area contributed by atoms with Crippen molar-refractivity contribution in [3.63, 3.8) is 0 Å². The van der Waals surface area contributed by atoms with Crippen LogP contribution in [0.25, 0.3) is 22.2 Å². The van der Waals surface area contributed by atoms with E-state index in [0.29, 0.717) is 10.8 Å². The Balaban J connectivity index is 1.56. The van der Waals surface area contributed by atoms with Crippen molar-refractivity contribution in [3.8, 4) is 11.3 Å². The number of hydrogen-bond donors (Lipinski definition) is 2. The molecule has 0 amide bonds. The first-order valence-corrected chi connectivity index (χ1v) is 10.1. The topological polar surface area (TPSA) is 79.3 Å². The SMILES string of the molecule is O=Nc1ccc(NC(=S)Nc2cccc(-c3ncnc4ccccc34)c2)c(I)c1. The van der Waals surface area contributed by atoms with Crippen molar-refractivity contribution in [1.29, 1.82) is 0 Å². The number of fused-ring (bicyclic) bond motifs is 1. The lowest BCUT2D eigenvalue weighted by Crippen LogP contribution is -2.19. The van der Waals surface area contributed by atoms with E-state index in [0.717, 1.165) is 37.1 Å². The molecular formula is C21H14IN5OS. The van der Waals surface area contributed by atoms with Crippen LogP contribution in [0.3, 0.4) is 0 Å². The van der Waals surface area contributed by atoms with Gasteiger partial charge in [-0.25, -0.2) is 9.97 Å². The minimum atomic E-state index is 0.378. The maximum atomic E-state index is 10.6. The molecule has 4 aromatic rings. The molecule has 0 radical (unpaired) electrons. The van der Waals surface area contributed by atoms with Crippen LogP contribution in [-0.4, -0.2) is 15.1 Å². The van der Waals surface area contributed by atoms with E-state index in [1.54, 1.807) is 24.5 Å². The van der Waals surface area contributed by atoms with Gasteiger partial charge in [-0.3, -0.25) is 0 Å². The Morgan fingerprint density at radius 1 is 0.966 bits per heavy atom. The van der Waals surface area contributed by atoms with Gasteiger partial charge in [0.25, 0.3) is 0 Å². The van der Waals surface area contributed by atoms with Crippen molar-refractivity contribution >= 4 is 67.9 Å². The molecule has 0 bridgehead atoms. The van der Waals surface area contributed by atoms with Gasteiger partial charge in [0.1, 0.15) is 12.0 Å². The number of benzene rings is 3. The first-order chi connectivity index (χ1) is 14.1. The number of nitrogens with zero attached hydrogens (tertiary/aromatic N) is 3. The van der Waals surface area contributed by atoms with Gasteiger partial charge < -0.3 is 10.6 Å². The van der Waals surface area contributed by atoms with Gasteiger partial charge in [0.2, 0.25) is 0 Å². The van der Waals surface area contributed by atoms with Crippen molar-refractivity contribution in [2.45, 2.75) is 0 Å². The molecule has 1 aromatic heterocycles. The molecule has 0 saturated heterocycles. The predicted molar refractivity (Wildman–Crippen MR) is 129 cm³/mol. The van der Waals surface area contributed by atoms with E-state index in [4.69, 9.17) is 12.2 Å². The van der Waals surface area contributed by atoms with Crippen molar-refractivity contribution < 1.29 is 0 Å². The first kappa shape index (κ1) is 19.3. The van der Waals surface area contributed by atoms with Gasteiger partial charge in [0, 0.05) is 20.2 Å². The summed E-state index contributed by atoms with van der Waals surface area (Å²) in [4.78, 5) is 19.4. The number of para-hydroxylation sites is 1. The molecule has 0 atom stereocenters. The molecule has 142 valence electrons. The molecule has 2 N–H and O–H groups in total. The van der Waals surface area contributed by atoms with Gasteiger partial charge in [-0.15, -0.1) is 4.91 Å². The second kappa shape index (κ2) is 8.58. The summed E-state index contributed by atoms with van der Waals surface area (Å²) in [6.07, 6.45) is 1.57. The number of rotatable bonds is 4. The summed E-state index contributed by atoms with van der Waals surface area (Å²) in [6, 6.07) is 20.9. The van der Waals surface area contributed by atoms with E-state index in [9.17, 15) is 4.91 Å². The number of hydrogen-bond acceptors (Lipinski definition) is 5. The smallest absolute Gasteiger partial charge is 0.175 e. The molecule has 0 fully saturated rings. The molecule has 3 aromatic carbocycles. The van der Waals surface area contributed by atoms with Gasteiger partial charge in [-0.1, -0.05) is 30.3 Å². The second-order valence-corrected chi connectivity index (χ2v) is 7.73. The molecule has 0 aliphatic rings. The summed E-state index contributed by atoms with van der Waals surface area (Å²) in [5.41, 5.74) is 4.74. The highest BCUT2D eigenvalue weighted by Gasteiger charge is 2.08. The summed E-state index contributed by atoms with van der Waals surface area (Å²) in [6.45, 7) is 0. The molecule has 0 aliphatic carbocycles. The third kappa shape index (κ3) is 4.38. The first-order valence-electron chi connectivity index (χ1n) is 8.65. The molecule has 0 aliphatic heterocycles. The fourth-order valence-electron chi connectivity index (χ4n) is 2.93. The molecule has 0 spiro atoms. The maximum Gasteiger partial charge on any atom is 0.175 e. The minimum absolute atomic E-state index is 0.378. The van der Waals surface area contributed by atoms with Crippen molar-refractivity contribution in [1.82, 2.24) is 9.97 Å². The largest absolute Gasteiger partial charge is 0.332 e. The fraction of sp³-hybridized carbons (Fsp3) is 0. The number of nitroso groups, excluding NO2 is 1. The lowest BCUT2D eigenvalue weighted by atomic mass is 10.1. The van der Waals surface area contributed by atoms with Crippen LogP contribution in [0.5, 0.6) is 0 Å². The molecule has 6 nitrogen and oxygen atoms in total. The highest BCUT2D eigenvalue weighted by molar-refractivity contribution is 14.1. The summed E-state index contributed by atoms with van der Waals surface area (Å²) in [7, 11) is 0. The Morgan fingerprint density at radius 3 is 2.66 bits per heavy atom. The Labute approximate surface area is 185 Å². The van der Waals surface area contributed by atoms with Crippen LogP contribution < -0.4 is 10.6 Å². The highest BCUT2D eigenvalue weighted by Crippen LogP contribution is 2.28. The Morgan fingerprint density at radius 2 is 1.83 bits per heavy atom. The van der Waals surface area contributed by atoms with E-state index >= 15 is 0 Å². The number of anilines is 2. The zero-order chi connectivity index (χ0) is 20.2. The lowest BCUT2D eigenvalue weighted by Gasteiger charge is -2.13. The highest BCUT2D eigenvalue weighted by atomic mass is 127. The van der Waals surface area contributed by atoms with E-state index in [1.165, 1.54) is 0 Å². The molecular weight excluding hydrogens is 497 g/mol. The zero-order valence-corrected chi connectivity index (χ0v) is 17.9. The average Bonchev–Trinajstić information content (AvgIpc) is 2.75. The van der Waals surface area contributed by atoms with E-state index < -0.39 is 0 Å². The summed E-state index contributed by atoms with van der Waals surface area (Å²) in [5, 5.41) is 10.7. The van der Waals surface area contributed by atoms with Gasteiger partial charge in [-0.05, 0) is 76.4 Å². The molecule has 4 rings (SSSR count). The van der Waals surface area contributed by atoms with Gasteiger partial charge in [0.05, 0.1) is 16.9 Å². The third-order valence-corrected chi connectivity index (χ3v) is 5.34. The maximum absolute atomic E-state index is 10.6. The van der Waals surface area contributed by atoms with Crippen LogP contribution in [0.15, 0.2) is 78.2 Å². The summed E-state index contributed by atoms with van der Waals surface area (Å²) in [5.74, 6) is 0. The zero-order valence-electron chi connectivity index (χ0n) is 15.0. The molecule has 0 saturated carbocycles. The van der Waals surface area contributed by atoms with Crippen LogP contribution in [0.2, 0.25) is 0 Å². The second-order valence-electron chi connectivity index (χ2n) is 6.15. The van der Waals surface area contributed by atoms with Crippen LogP contribution in [0, 0.1) is 8.48 Å². The fourth-order valence-corrected chi connectivity index (χ4v) is 3.79. The molecule has 0 unspecified atom stereocenters. The van der Waals surface area contributed by atoms with E-state index in [-0.39, 0.29) is 0 Å². The van der Waals surface area contributed by atoms with Gasteiger partial charge >= 0.3 is 0 Å². The normalized spacial score (nSPS) is 10.5. The molecule has 8 heteroatoms. The standard InChI is InChI=1S/C21H14IN5OS/c22-17-11-15(27-28)8-9-19(17)26-21(29)25-14-5-3-4-13(10-14)20-16-6-1-2-7-18(16)23-12-24-20/h1-12H,(H2,25,26,29). The minimum Gasteiger partial charge on any atom is -0.332 e. The quantitative estimate of drug-likeness (QED) is 0.196. The van der Waals surface area contributed by atoms with E-state index in [1.807, 2.05) is 48.5 Å². The predicted octanol–water partition coefficient (Wildman–Crippen LogP) is 6.11. The van der Waals surface area contributed by atoms with Crippen LogP contribution in [0.1, 0.15) is 0 Å².